The van der Waals surface area contributed by atoms with Crippen molar-refractivity contribution < 1.29 is 4.74 Å². The predicted octanol–water partition coefficient (Wildman–Crippen LogP) is 1.33. The number of nitriles is 1. The number of hydrogen-bond acceptors (Lipinski definition) is 5. The second-order valence-electron chi connectivity index (χ2n) is 3.88. The average molecular weight is 218 g/mol. The smallest absolute Gasteiger partial charge is 0.158 e. The second-order valence-corrected chi connectivity index (χ2v) is 3.88. The number of nitrogens with one attached hydrogen (secondary N) is 1. The second kappa shape index (κ2) is 4.90. The van der Waals surface area contributed by atoms with E-state index < -0.39 is 0 Å². The Hall–Kier alpha value is -1.67. The number of hydrogen-bond donors (Lipinski definition) is 1. The lowest BCUT2D eigenvalue weighted by molar-refractivity contribution is 0.0995. The molecule has 0 radical (unpaired) electrons. The molecule has 2 atom stereocenters. The van der Waals surface area contributed by atoms with E-state index in [2.05, 4.69) is 22.2 Å². The lowest BCUT2D eigenvalue weighted by atomic mass is 10.1. The maximum absolute atomic E-state index is 8.59. The molecule has 0 aromatic carbocycles. The molecule has 0 amide bonds. The van der Waals surface area contributed by atoms with Crippen LogP contribution in [0, 0.1) is 11.3 Å². The third-order valence-corrected chi connectivity index (χ3v) is 2.66. The average Bonchev–Trinajstić information content (AvgIpc) is 2.83. The molecule has 16 heavy (non-hydrogen) atoms. The summed E-state index contributed by atoms with van der Waals surface area (Å²) in [5.74, 6) is 0.682. The van der Waals surface area contributed by atoms with Crippen molar-refractivity contribution in [3.8, 4) is 6.07 Å². The Kier molecular flexibility index (Phi) is 3.32. The topological polar surface area (TPSA) is 70.8 Å². The van der Waals surface area contributed by atoms with Crippen molar-refractivity contribution in [2.24, 2.45) is 0 Å². The largest absolute Gasteiger partial charge is 0.376 e. The van der Waals surface area contributed by atoms with Crippen molar-refractivity contribution in [3.63, 3.8) is 0 Å². The molecule has 0 aliphatic carbocycles. The van der Waals surface area contributed by atoms with E-state index in [1.807, 2.05) is 6.07 Å². The number of nitrogens with zero attached hydrogens (tertiary/aromatic N) is 3. The van der Waals surface area contributed by atoms with Gasteiger partial charge in [-0.25, -0.2) is 9.97 Å². The summed E-state index contributed by atoms with van der Waals surface area (Å²) in [4.78, 5) is 8.06. The number of anilines is 1. The van der Waals surface area contributed by atoms with Crippen molar-refractivity contribution in [3.05, 3.63) is 18.1 Å². The molecule has 1 aromatic heterocycles. The van der Waals surface area contributed by atoms with Crippen LogP contribution in [0.2, 0.25) is 0 Å². The number of aromatic nitrogens is 2. The maximum atomic E-state index is 8.59. The van der Waals surface area contributed by atoms with Crippen molar-refractivity contribution in [1.82, 2.24) is 9.97 Å². The van der Waals surface area contributed by atoms with Crippen molar-refractivity contribution in [2.45, 2.75) is 31.9 Å². The summed E-state index contributed by atoms with van der Waals surface area (Å²) >= 11 is 0. The van der Waals surface area contributed by atoms with Gasteiger partial charge in [-0.1, -0.05) is 0 Å². The predicted molar refractivity (Wildman–Crippen MR) is 58.8 cm³/mol. The molecule has 0 bridgehead atoms. The van der Waals surface area contributed by atoms with E-state index in [1.54, 1.807) is 6.20 Å². The van der Waals surface area contributed by atoms with Gasteiger partial charge in [0, 0.05) is 6.61 Å². The van der Waals surface area contributed by atoms with Crippen LogP contribution in [0.3, 0.4) is 0 Å². The third-order valence-electron chi connectivity index (χ3n) is 2.66. The van der Waals surface area contributed by atoms with Gasteiger partial charge in [-0.2, -0.15) is 5.26 Å². The fraction of sp³-hybridized carbons (Fsp3) is 0.545. The zero-order valence-electron chi connectivity index (χ0n) is 9.18. The van der Waals surface area contributed by atoms with Gasteiger partial charge in [0.25, 0.3) is 0 Å². The van der Waals surface area contributed by atoms with Gasteiger partial charge in [0.15, 0.2) is 5.69 Å². The first kappa shape index (κ1) is 10.8. The summed E-state index contributed by atoms with van der Waals surface area (Å²) < 4.78 is 5.57. The SMILES string of the molecule is CC(Nc1cnc(C#N)cn1)C1CCCO1. The Morgan fingerprint density at radius 3 is 3.00 bits per heavy atom. The minimum Gasteiger partial charge on any atom is -0.376 e. The standard InChI is InChI=1S/C11H14N4O/c1-8(10-3-2-4-16-10)15-11-7-13-9(5-12)6-14-11/h6-8,10H,2-4H2,1H3,(H,14,15). The highest BCUT2D eigenvalue weighted by Gasteiger charge is 2.22. The summed E-state index contributed by atoms with van der Waals surface area (Å²) in [5, 5.41) is 11.8. The molecule has 2 heterocycles. The van der Waals surface area contributed by atoms with Crippen molar-refractivity contribution in [2.75, 3.05) is 11.9 Å². The van der Waals surface area contributed by atoms with Gasteiger partial charge < -0.3 is 10.1 Å². The molecule has 5 nitrogen and oxygen atoms in total. The zero-order chi connectivity index (χ0) is 11.4. The molecule has 84 valence electrons. The monoisotopic (exact) mass is 218 g/mol. The first-order valence-electron chi connectivity index (χ1n) is 5.40. The minimum atomic E-state index is 0.213. The Labute approximate surface area is 94.5 Å². The molecular formula is C11H14N4O. The van der Waals surface area contributed by atoms with Gasteiger partial charge in [0.05, 0.1) is 24.5 Å². The van der Waals surface area contributed by atoms with Gasteiger partial charge in [-0.15, -0.1) is 0 Å². The van der Waals surface area contributed by atoms with Crippen LogP contribution in [-0.2, 0) is 4.74 Å². The van der Waals surface area contributed by atoms with Crippen LogP contribution >= 0.6 is 0 Å². The molecule has 1 aromatic rings. The van der Waals surface area contributed by atoms with Crippen LogP contribution in [0.25, 0.3) is 0 Å². The fourth-order valence-electron chi connectivity index (χ4n) is 1.78. The van der Waals surface area contributed by atoms with Crippen molar-refractivity contribution in [1.29, 1.82) is 5.26 Å². The van der Waals surface area contributed by atoms with Gasteiger partial charge in [0.1, 0.15) is 11.9 Å². The highest BCUT2D eigenvalue weighted by atomic mass is 16.5. The normalized spacial score (nSPS) is 21.4. The van der Waals surface area contributed by atoms with E-state index in [0.717, 1.165) is 19.4 Å². The van der Waals surface area contributed by atoms with E-state index in [4.69, 9.17) is 10.00 Å². The summed E-state index contributed by atoms with van der Waals surface area (Å²) in [6.07, 6.45) is 5.49. The van der Waals surface area contributed by atoms with Crippen LogP contribution in [0.15, 0.2) is 12.4 Å². The molecule has 1 saturated heterocycles. The zero-order valence-corrected chi connectivity index (χ0v) is 9.18. The third kappa shape index (κ3) is 2.47. The highest BCUT2D eigenvalue weighted by Crippen LogP contribution is 2.17. The van der Waals surface area contributed by atoms with E-state index in [9.17, 15) is 0 Å². The lowest BCUT2D eigenvalue weighted by Crippen LogP contribution is -2.30. The molecule has 2 rings (SSSR count). The Morgan fingerprint density at radius 1 is 1.56 bits per heavy atom. The molecule has 1 aliphatic rings. The first-order chi connectivity index (χ1) is 7.79. The minimum absolute atomic E-state index is 0.213. The molecule has 1 fully saturated rings. The summed E-state index contributed by atoms with van der Waals surface area (Å²) in [6, 6.07) is 2.15. The molecule has 5 heteroatoms. The maximum Gasteiger partial charge on any atom is 0.158 e. The quantitative estimate of drug-likeness (QED) is 0.828. The summed E-state index contributed by atoms with van der Waals surface area (Å²) in [5.41, 5.74) is 0.329. The van der Waals surface area contributed by atoms with E-state index in [-0.39, 0.29) is 12.1 Å². The van der Waals surface area contributed by atoms with Gasteiger partial charge in [0.2, 0.25) is 0 Å². The van der Waals surface area contributed by atoms with Crippen LogP contribution < -0.4 is 5.32 Å². The summed E-state index contributed by atoms with van der Waals surface area (Å²) in [7, 11) is 0. The fourth-order valence-corrected chi connectivity index (χ4v) is 1.78. The number of rotatable bonds is 3. The van der Waals surface area contributed by atoms with Crippen molar-refractivity contribution >= 4 is 5.82 Å². The number of ether oxygens (including phenoxy) is 1. The van der Waals surface area contributed by atoms with E-state index in [1.165, 1.54) is 6.20 Å². The Morgan fingerprint density at radius 2 is 2.44 bits per heavy atom. The van der Waals surface area contributed by atoms with Crippen LogP contribution in [0.5, 0.6) is 0 Å². The van der Waals surface area contributed by atoms with E-state index >= 15 is 0 Å². The van der Waals surface area contributed by atoms with Crippen LogP contribution in [0.4, 0.5) is 5.82 Å². The van der Waals surface area contributed by atoms with Gasteiger partial charge in [-0.05, 0) is 19.8 Å². The highest BCUT2D eigenvalue weighted by molar-refractivity contribution is 5.34. The van der Waals surface area contributed by atoms with Gasteiger partial charge >= 0.3 is 0 Å². The van der Waals surface area contributed by atoms with Crippen LogP contribution in [0.1, 0.15) is 25.5 Å². The molecule has 0 saturated carbocycles. The van der Waals surface area contributed by atoms with E-state index in [0.29, 0.717) is 11.5 Å². The molecule has 2 unspecified atom stereocenters. The molecule has 1 N–H and O–H groups in total. The molecular weight excluding hydrogens is 204 g/mol. The van der Waals surface area contributed by atoms with Gasteiger partial charge in [-0.3, -0.25) is 0 Å². The molecule has 1 aliphatic heterocycles. The first-order valence-corrected chi connectivity index (χ1v) is 5.40. The summed E-state index contributed by atoms with van der Waals surface area (Å²) in [6.45, 7) is 2.91. The molecule has 0 spiro atoms. The Balaban J connectivity index is 1.95. The lowest BCUT2D eigenvalue weighted by Gasteiger charge is -2.20. The van der Waals surface area contributed by atoms with Crippen LogP contribution in [-0.4, -0.2) is 28.7 Å². The Bertz CT molecular complexity index is 378.